The summed E-state index contributed by atoms with van der Waals surface area (Å²) in [5.41, 5.74) is 0.638. The molecule has 0 aromatic heterocycles. The van der Waals surface area contributed by atoms with Gasteiger partial charge in [0.2, 0.25) is 10.0 Å². The molecule has 2 aromatic carbocycles. The van der Waals surface area contributed by atoms with Crippen LogP contribution in [0.2, 0.25) is 0 Å². The third-order valence-corrected chi connectivity index (χ3v) is 6.53. The van der Waals surface area contributed by atoms with Crippen LogP contribution in [-0.4, -0.2) is 56.3 Å². The summed E-state index contributed by atoms with van der Waals surface area (Å²) in [7, 11) is -3.58. The molecule has 6 nitrogen and oxygen atoms in total. The SMILES string of the molecule is CCN1CCN(S(=O)(=O)c2ccc(C(=O)Nc3cccc(F)c3)cc2)CC1. The van der Waals surface area contributed by atoms with Crippen LogP contribution in [0.5, 0.6) is 0 Å². The summed E-state index contributed by atoms with van der Waals surface area (Å²) >= 11 is 0. The smallest absolute Gasteiger partial charge is 0.255 e. The Balaban J connectivity index is 1.70. The summed E-state index contributed by atoms with van der Waals surface area (Å²) in [6.07, 6.45) is 0. The standard InChI is InChI=1S/C19H22FN3O3S/c1-2-22-10-12-23(13-11-22)27(25,26)18-8-6-15(7-9-18)19(24)21-17-5-3-4-16(20)14-17/h3-9,14H,2,10-13H2,1H3,(H,21,24). The fraction of sp³-hybridized carbons (Fsp3) is 0.316. The van der Waals surface area contributed by atoms with E-state index >= 15 is 0 Å². The number of halogens is 1. The number of nitrogens with one attached hydrogen (secondary N) is 1. The van der Waals surface area contributed by atoms with E-state index in [9.17, 15) is 17.6 Å². The molecule has 2 aromatic rings. The highest BCUT2D eigenvalue weighted by atomic mass is 32.2. The molecule has 0 saturated carbocycles. The van der Waals surface area contributed by atoms with Crippen molar-refractivity contribution >= 4 is 21.6 Å². The molecular weight excluding hydrogens is 369 g/mol. The molecule has 1 N–H and O–H groups in total. The molecule has 1 amide bonds. The normalized spacial score (nSPS) is 16.2. The monoisotopic (exact) mass is 391 g/mol. The van der Waals surface area contributed by atoms with E-state index in [1.54, 1.807) is 6.07 Å². The second-order valence-corrected chi connectivity index (χ2v) is 8.27. The van der Waals surface area contributed by atoms with Crippen molar-refractivity contribution in [3.63, 3.8) is 0 Å². The number of anilines is 1. The minimum Gasteiger partial charge on any atom is -0.322 e. The minimum absolute atomic E-state index is 0.162. The van der Waals surface area contributed by atoms with Gasteiger partial charge in [-0.15, -0.1) is 0 Å². The van der Waals surface area contributed by atoms with Crippen molar-refractivity contribution in [2.75, 3.05) is 38.0 Å². The van der Waals surface area contributed by atoms with E-state index in [4.69, 9.17) is 0 Å². The number of sulfonamides is 1. The maximum absolute atomic E-state index is 13.2. The molecule has 0 bridgehead atoms. The van der Waals surface area contributed by atoms with Crippen molar-refractivity contribution < 1.29 is 17.6 Å². The fourth-order valence-corrected chi connectivity index (χ4v) is 4.41. The topological polar surface area (TPSA) is 69.7 Å². The first kappa shape index (κ1) is 19.5. The van der Waals surface area contributed by atoms with E-state index in [0.717, 1.165) is 6.54 Å². The van der Waals surface area contributed by atoms with Crippen molar-refractivity contribution in [3.05, 3.63) is 59.9 Å². The van der Waals surface area contributed by atoms with Gasteiger partial charge in [-0.05, 0) is 49.0 Å². The van der Waals surface area contributed by atoms with Crippen molar-refractivity contribution in [1.29, 1.82) is 0 Å². The second kappa shape index (κ2) is 8.16. The lowest BCUT2D eigenvalue weighted by molar-refractivity contribution is 0.102. The van der Waals surface area contributed by atoms with Gasteiger partial charge >= 0.3 is 0 Å². The quantitative estimate of drug-likeness (QED) is 0.850. The summed E-state index contributed by atoms with van der Waals surface area (Å²) in [5, 5.41) is 2.59. The minimum atomic E-state index is -3.58. The van der Waals surface area contributed by atoms with Crippen LogP contribution < -0.4 is 5.32 Å². The molecule has 8 heteroatoms. The van der Waals surface area contributed by atoms with E-state index in [1.165, 1.54) is 46.8 Å². The molecule has 144 valence electrons. The lowest BCUT2D eigenvalue weighted by Gasteiger charge is -2.33. The lowest BCUT2D eigenvalue weighted by Crippen LogP contribution is -2.48. The molecule has 1 fully saturated rings. The summed E-state index contributed by atoms with van der Waals surface area (Å²) in [6.45, 7) is 5.30. The molecular formula is C19H22FN3O3S. The number of nitrogens with zero attached hydrogens (tertiary/aromatic N) is 2. The summed E-state index contributed by atoms with van der Waals surface area (Å²) in [6, 6.07) is 11.4. The molecule has 0 unspecified atom stereocenters. The number of amides is 1. The number of carbonyl (C=O) groups excluding carboxylic acids is 1. The first-order valence-corrected chi connectivity index (χ1v) is 10.2. The predicted octanol–water partition coefficient (Wildman–Crippen LogP) is 2.40. The summed E-state index contributed by atoms with van der Waals surface area (Å²) in [4.78, 5) is 14.6. The van der Waals surface area contributed by atoms with Crippen molar-refractivity contribution in [3.8, 4) is 0 Å². The van der Waals surface area contributed by atoms with Gasteiger partial charge in [0, 0.05) is 37.4 Å². The van der Waals surface area contributed by atoms with E-state index in [2.05, 4.69) is 17.1 Å². The van der Waals surface area contributed by atoms with Gasteiger partial charge in [-0.1, -0.05) is 13.0 Å². The zero-order valence-corrected chi connectivity index (χ0v) is 15.9. The van der Waals surface area contributed by atoms with E-state index in [1.807, 2.05) is 0 Å². The molecule has 0 spiro atoms. The van der Waals surface area contributed by atoms with Crippen LogP contribution >= 0.6 is 0 Å². The van der Waals surface area contributed by atoms with Gasteiger partial charge in [0.15, 0.2) is 0 Å². The Morgan fingerprint density at radius 1 is 1.07 bits per heavy atom. The van der Waals surface area contributed by atoms with Crippen LogP contribution in [-0.2, 0) is 10.0 Å². The Morgan fingerprint density at radius 2 is 1.74 bits per heavy atom. The van der Waals surface area contributed by atoms with Gasteiger partial charge in [0.1, 0.15) is 5.82 Å². The number of benzene rings is 2. The number of rotatable bonds is 5. The average molecular weight is 391 g/mol. The Kier molecular flexibility index (Phi) is 5.88. The molecule has 1 heterocycles. The van der Waals surface area contributed by atoms with Gasteiger partial charge < -0.3 is 10.2 Å². The molecule has 0 aliphatic carbocycles. The van der Waals surface area contributed by atoms with E-state index < -0.39 is 21.7 Å². The molecule has 1 aliphatic rings. The first-order chi connectivity index (χ1) is 12.9. The zero-order valence-electron chi connectivity index (χ0n) is 15.1. The van der Waals surface area contributed by atoms with Crippen molar-refractivity contribution in [1.82, 2.24) is 9.21 Å². The lowest BCUT2D eigenvalue weighted by atomic mass is 10.2. The second-order valence-electron chi connectivity index (χ2n) is 6.33. The Morgan fingerprint density at radius 3 is 2.33 bits per heavy atom. The summed E-state index contributed by atoms with van der Waals surface area (Å²) in [5.74, 6) is -0.876. The molecule has 0 atom stereocenters. The molecule has 1 aliphatic heterocycles. The molecule has 1 saturated heterocycles. The highest BCUT2D eigenvalue weighted by Crippen LogP contribution is 2.19. The summed E-state index contributed by atoms with van der Waals surface area (Å²) < 4.78 is 40.2. The van der Waals surface area contributed by atoms with E-state index in [-0.39, 0.29) is 4.90 Å². The van der Waals surface area contributed by atoms with Crippen LogP contribution in [0.15, 0.2) is 53.4 Å². The van der Waals surface area contributed by atoms with E-state index in [0.29, 0.717) is 37.4 Å². The average Bonchev–Trinajstić information content (AvgIpc) is 2.68. The van der Waals surface area contributed by atoms with Gasteiger partial charge in [-0.3, -0.25) is 4.79 Å². The zero-order chi connectivity index (χ0) is 19.4. The van der Waals surface area contributed by atoms with Gasteiger partial charge in [-0.25, -0.2) is 12.8 Å². The van der Waals surface area contributed by atoms with Crippen LogP contribution in [0, 0.1) is 5.82 Å². The van der Waals surface area contributed by atoms with Gasteiger partial charge in [0.25, 0.3) is 5.91 Å². The Labute approximate surface area is 158 Å². The van der Waals surface area contributed by atoms with Crippen molar-refractivity contribution in [2.45, 2.75) is 11.8 Å². The fourth-order valence-electron chi connectivity index (χ4n) is 2.98. The van der Waals surface area contributed by atoms with Gasteiger partial charge in [0.05, 0.1) is 4.90 Å². The number of hydrogen-bond donors (Lipinski definition) is 1. The molecule has 0 radical (unpaired) electrons. The number of carbonyl (C=O) groups is 1. The largest absolute Gasteiger partial charge is 0.322 e. The first-order valence-electron chi connectivity index (χ1n) is 8.79. The third-order valence-electron chi connectivity index (χ3n) is 4.62. The van der Waals surface area contributed by atoms with Gasteiger partial charge in [-0.2, -0.15) is 4.31 Å². The van der Waals surface area contributed by atoms with Crippen LogP contribution in [0.25, 0.3) is 0 Å². The van der Waals surface area contributed by atoms with Crippen LogP contribution in [0.3, 0.4) is 0 Å². The highest BCUT2D eigenvalue weighted by molar-refractivity contribution is 7.89. The molecule has 27 heavy (non-hydrogen) atoms. The van der Waals surface area contributed by atoms with Crippen molar-refractivity contribution in [2.24, 2.45) is 0 Å². The number of likely N-dealkylation sites (N-methyl/N-ethyl adjacent to an activating group) is 1. The molecule has 3 rings (SSSR count). The Hall–Kier alpha value is -2.29. The highest BCUT2D eigenvalue weighted by Gasteiger charge is 2.28. The third kappa shape index (κ3) is 4.52. The predicted molar refractivity (Wildman–Crippen MR) is 102 cm³/mol. The number of hydrogen-bond acceptors (Lipinski definition) is 4. The number of piperazine rings is 1. The van der Waals surface area contributed by atoms with Crippen LogP contribution in [0.4, 0.5) is 10.1 Å². The van der Waals surface area contributed by atoms with Crippen LogP contribution in [0.1, 0.15) is 17.3 Å². The maximum Gasteiger partial charge on any atom is 0.255 e. The maximum atomic E-state index is 13.2. The Bertz CT molecular complexity index is 908.